The molecule has 1 aliphatic heterocycles. The Labute approximate surface area is 109 Å². The third kappa shape index (κ3) is 3.10. The highest BCUT2D eigenvalue weighted by molar-refractivity contribution is 5.82. The van der Waals surface area contributed by atoms with Gasteiger partial charge in [0.25, 0.3) is 0 Å². The second-order valence-electron chi connectivity index (χ2n) is 5.17. The van der Waals surface area contributed by atoms with Crippen molar-refractivity contribution in [1.29, 1.82) is 0 Å². The maximum absolute atomic E-state index is 12.3. The van der Waals surface area contributed by atoms with Crippen LogP contribution in [0.5, 0.6) is 0 Å². The van der Waals surface area contributed by atoms with Crippen molar-refractivity contribution in [2.75, 3.05) is 6.54 Å². The van der Waals surface area contributed by atoms with Crippen LogP contribution in [-0.2, 0) is 11.2 Å². The Bertz CT molecular complexity index is 391. The summed E-state index contributed by atoms with van der Waals surface area (Å²) in [4.78, 5) is 14.3. The van der Waals surface area contributed by atoms with Gasteiger partial charge in [0.1, 0.15) is 0 Å². The summed E-state index contributed by atoms with van der Waals surface area (Å²) in [5.41, 5.74) is 7.18. The van der Waals surface area contributed by atoms with Gasteiger partial charge >= 0.3 is 0 Å². The van der Waals surface area contributed by atoms with Crippen molar-refractivity contribution in [2.24, 2.45) is 5.73 Å². The predicted molar refractivity (Wildman–Crippen MR) is 73.1 cm³/mol. The highest BCUT2D eigenvalue weighted by Gasteiger charge is 2.27. The average molecular weight is 246 g/mol. The normalized spacial score (nSPS) is 21.7. The van der Waals surface area contributed by atoms with Crippen molar-refractivity contribution in [3.63, 3.8) is 0 Å². The van der Waals surface area contributed by atoms with E-state index < -0.39 is 6.04 Å². The van der Waals surface area contributed by atoms with E-state index in [1.165, 1.54) is 6.42 Å². The summed E-state index contributed by atoms with van der Waals surface area (Å²) in [5.74, 6) is 0.103. The van der Waals surface area contributed by atoms with E-state index in [4.69, 9.17) is 5.73 Å². The van der Waals surface area contributed by atoms with Gasteiger partial charge < -0.3 is 10.6 Å². The van der Waals surface area contributed by atoms with Crippen molar-refractivity contribution in [3.05, 3.63) is 35.9 Å². The fraction of sp³-hybridized carbons (Fsp3) is 0.533. The minimum absolute atomic E-state index is 0.103. The van der Waals surface area contributed by atoms with Crippen molar-refractivity contribution < 1.29 is 4.79 Å². The van der Waals surface area contributed by atoms with Crippen LogP contribution < -0.4 is 5.73 Å². The van der Waals surface area contributed by atoms with Crippen LogP contribution in [0.3, 0.4) is 0 Å². The molecule has 2 rings (SSSR count). The van der Waals surface area contributed by atoms with Gasteiger partial charge in [0.2, 0.25) is 5.91 Å². The van der Waals surface area contributed by atoms with Crippen molar-refractivity contribution in [1.82, 2.24) is 4.90 Å². The molecule has 0 spiro atoms. The van der Waals surface area contributed by atoms with Crippen LogP contribution >= 0.6 is 0 Å². The number of amides is 1. The zero-order chi connectivity index (χ0) is 13.0. The molecule has 0 aliphatic carbocycles. The fourth-order valence-electron chi connectivity index (χ4n) is 2.59. The predicted octanol–water partition coefficient (Wildman–Crippen LogP) is 1.96. The SMILES string of the molecule is C[C@@H]1CCCCN1C(=O)[C@@H](N)Cc1ccccc1. The van der Waals surface area contributed by atoms with Gasteiger partial charge in [-0.05, 0) is 38.2 Å². The first-order chi connectivity index (χ1) is 8.68. The monoisotopic (exact) mass is 246 g/mol. The quantitative estimate of drug-likeness (QED) is 0.886. The number of hydrogen-bond donors (Lipinski definition) is 1. The first kappa shape index (κ1) is 13.1. The second kappa shape index (κ2) is 6.01. The Morgan fingerprint density at radius 2 is 2.11 bits per heavy atom. The topological polar surface area (TPSA) is 46.3 Å². The molecule has 2 atom stereocenters. The highest BCUT2D eigenvalue weighted by atomic mass is 16.2. The summed E-state index contributed by atoms with van der Waals surface area (Å²) in [7, 11) is 0. The molecule has 0 saturated carbocycles. The van der Waals surface area contributed by atoms with E-state index in [9.17, 15) is 4.79 Å². The zero-order valence-corrected chi connectivity index (χ0v) is 11.0. The lowest BCUT2D eigenvalue weighted by Gasteiger charge is -2.35. The van der Waals surface area contributed by atoms with E-state index in [-0.39, 0.29) is 5.91 Å². The van der Waals surface area contributed by atoms with Gasteiger partial charge in [-0.25, -0.2) is 0 Å². The first-order valence-corrected chi connectivity index (χ1v) is 6.78. The fourth-order valence-corrected chi connectivity index (χ4v) is 2.59. The molecule has 18 heavy (non-hydrogen) atoms. The zero-order valence-electron chi connectivity index (χ0n) is 11.0. The first-order valence-electron chi connectivity index (χ1n) is 6.78. The Hall–Kier alpha value is -1.35. The number of hydrogen-bond acceptors (Lipinski definition) is 2. The molecule has 1 heterocycles. The maximum atomic E-state index is 12.3. The molecule has 1 aromatic carbocycles. The Morgan fingerprint density at radius 1 is 1.39 bits per heavy atom. The van der Waals surface area contributed by atoms with Gasteiger partial charge in [-0.3, -0.25) is 4.79 Å². The van der Waals surface area contributed by atoms with Gasteiger partial charge in [-0.2, -0.15) is 0 Å². The smallest absolute Gasteiger partial charge is 0.240 e. The van der Waals surface area contributed by atoms with E-state index in [0.717, 1.165) is 24.9 Å². The molecule has 3 nitrogen and oxygen atoms in total. The Balaban J connectivity index is 1.96. The highest BCUT2D eigenvalue weighted by Crippen LogP contribution is 2.17. The minimum Gasteiger partial charge on any atom is -0.339 e. The number of nitrogens with zero attached hydrogens (tertiary/aromatic N) is 1. The number of piperidine rings is 1. The second-order valence-corrected chi connectivity index (χ2v) is 5.17. The summed E-state index contributed by atoms with van der Waals surface area (Å²) in [5, 5.41) is 0. The molecule has 1 saturated heterocycles. The molecule has 2 N–H and O–H groups in total. The average Bonchev–Trinajstić information content (AvgIpc) is 2.39. The van der Waals surface area contributed by atoms with Crippen LogP contribution in [0.4, 0.5) is 0 Å². The number of likely N-dealkylation sites (tertiary alicyclic amines) is 1. The molecule has 1 aliphatic rings. The summed E-state index contributed by atoms with van der Waals surface area (Å²) >= 11 is 0. The largest absolute Gasteiger partial charge is 0.339 e. The molecule has 0 bridgehead atoms. The lowest BCUT2D eigenvalue weighted by Crippen LogP contribution is -2.50. The van der Waals surface area contributed by atoms with Crippen LogP contribution in [0.15, 0.2) is 30.3 Å². The molecule has 0 radical (unpaired) electrons. The third-order valence-electron chi connectivity index (χ3n) is 3.70. The number of carbonyl (C=O) groups is 1. The maximum Gasteiger partial charge on any atom is 0.240 e. The van der Waals surface area contributed by atoms with Gasteiger partial charge in [0.05, 0.1) is 6.04 Å². The Kier molecular flexibility index (Phi) is 4.37. The van der Waals surface area contributed by atoms with E-state index in [0.29, 0.717) is 12.5 Å². The van der Waals surface area contributed by atoms with Crippen molar-refractivity contribution >= 4 is 5.91 Å². The van der Waals surface area contributed by atoms with Crippen molar-refractivity contribution in [2.45, 2.75) is 44.7 Å². The van der Waals surface area contributed by atoms with Crippen LogP contribution in [0.2, 0.25) is 0 Å². The summed E-state index contributed by atoms with van der Waals surface area (Å²) in [6.07, 6.45) is 4.06. The van der Waals surface area contributed by atoms with Gasteiger partial charge in [-0.15, -0.1) is 0 Å². The van der Waals surface area contributed by atoms with Gasteiger partial charge in [0.15, 0.2) is 0 Å². The van der Waals surface area contributed by atoms with Crippen molar-refractivity contribution in [3.8, 4) is 0 Å². The molecule has 98 valence electrons. The number of nitrogens with two attached hydrogens (primary N) is 1. The van der Waals surface area contributed by atoms with Crippen LogP contribution in [0, 0.1) is 0 Å². The summed E-state index contributed by atoms with van der Waals surface area (Å²) in [6, 6.07) is 9.91. The third-order valence-corrected chi connectivity index (χ3v) is 3.70. The number of carbonyl (C=O) groups excluding carboxylic acids is 1. The van der Waals surface area contributed by atoms with Crippen LogP contribution in [-0.4, -0.2) is 29.4 Å². The number of rotatable bonds is 3. The van der Waals surface area contributed by atoms with E-state index in [1.54, 1.807) is 0 Å². The van der Waals surface area contributed by atoms with Crippen LogP contribution in [0.1, 0.15) is 31.7 Å². The minimum atomic E-state index is -0.409. The number of benzene rings is 1. The molecule has 3 heteroatoms. The van der Waals surface area contributed by atoms with E-state index >= 15 is 0 Å². The molecule has 0 aromatic heterocycles. The van der Waals surface area contributed by atoms with E-state index in [2.05, 4.69) is 6.92 Å². The van der Waals surface area contributed by atoms with Gasteiger partial charge in [-0.1, -0.05) is 30.3 Å². The molecule has 1 amide bonds. The van der Waals surface area contributed by atoms with E-state index in [1.807, 2.05) is 35.2 Å². The standard InChI is InChI=1S/C15H22N2O/c1-12-7-5-6-10-17(12)15(18)14(16)11-13-8-3-2-4-9-13/h2-4,8-9,12,14H,5-7,10-11,16H2,1H3/t12-,14+/m1/s1. The molecular weight excluding hydrogens is 224 g/mol. The van der Waals surface area contributed by atoms with Crippen LogP contribution in [0.25, 0.3) is 0 Å². The summed E-state index contributed by atoms with van der Waals surface area (Å²) < 4.78 is 0. The Morgan fingerprint density at radius 3 is 2.78 bits per heavy atom. The molecular formula is C15H22N2O. The molecule has 1 fully saturated rings. The van der Waals surface area contributed by atoms with Gasteiger partial charge in [0, 0.05) is 12.6 Å². The lowest BCUT2D eigenvalue weighted by atomic mass is 10.0. The molecule has 0 unspecified atom stereocenters. The summed E-state index contributed by atoms with van der Waals surface area (Å²) in [6.45, 7) is 2.98. The molecule has 1 aromatic rings. The lowest BCUT2D eigenvalue weighted by molar-refractivity contribution is -0.135.